The SMILES string of the molecule is COc1ccc(NC(=O)CN2C(=O)S/C(=C\c3ccc(N4CCOCC4)cc3OC)C2=O)cc1. The summed E-state index contributed by atoms with van der Waals surface area (Å²) >= 11 is 0.801. The molecule has 2 aliphatic heterocycles. The average Bonchev–Trinajstić information content (AvgIpc) is 3.12. The minimum absolute atomic E-state index is 0.236. The van der Waals surface area contributed by atoms with E-state index in [0.717, 1.165) is 35.4 Å². The molecule has 9 nitrogen and oxygen atoms in total. The van der Waals surface area contributed by atoms with E-state index in [1.807, 2.05) is 18.2 Å². The molecule has 2 aromatic rings. The summed E-state index contributed by atoms with van der Waals surface area (Å²) in [6, 6.07) is 12.5. The van der Waals surface area contributed by atoms with Crippen LogP contribution in [0.25, 0.3) is 6.08 Å². The van der Waals surface area contributed by atoms with Crippen molar-refractivity contribution in [2.45, 2.75) is 0 Å². The highest BCUT2D eigenvalue weighted by Gasteiger charge is 2.36. The molecular formula is C24H25N3O6S. The van der Waals surface area contributed by atoms with Crippen LogP contribution in [-0.4, -0.2) is 69.0 Å². The van der Waals surface area contributed by atoms with Crippen LogP contribution in [0.5, 0.6) is 11.5 Å². The van der Waals surface area contributed by atoms with Crippen LogP contribution in [0.1, 0.15) is 5.56 Å². The molecule has 3 amide bonds. The van der Waals surface area contributed by atoms with E-state index < -0.39 is 17.1 Å². The van der Waals surface area contributed by atoms with Gasteiger partial charge >= 0.3 is 0 Å². The van der Waals surface area contributed by atoms with Gasteiger partial charge in [-0.2, -0.15) is 0 Å². The summed E-state index contributed by atoms with van der Waals surface area (Å²) in [5.74, 6) is 0.260. The monoisotopic (exact) mass is 483 g/mol. The first-order chi connectivity index (χ1) is 16.5. The molecular weight excluding hydrogens is 458 g/mol. The van der Waals surface area contributed by atoms with E-state index in [1.165, 1.54) is 0 Å². The maximum atomic E-state index is 12.9. The molecule has 0 saturated carbocycles. The predicted molar refractivity (Wildman–Crippen MR) is 130 cm³/mol. The number of rotatable bonds is 7. The van der Waals surface area contributed by atoms with Gasteiger partial charge in [-0.05, 0) is 54.2 Å². The number of amides is 3. The summed E-state index contributed by atoms with van der Waals surface area (Å²) in [7, 11) is 3.11. The van der Waals surface area contributed by atoms with Gasteiger partial charge in [0.05, 0.1) is 32.3 Å². The lowest BCUT2D eigenvalue weighted by Gasteiger charge is -2.29. The van der Waals surface area contributed by atoms with Crippen LogP contribution >= 0.6 is 11.8 Å². The zero-order valence-corrected chi connectivity index (χ0v) is 19.7. The number of carbonyl (C=O) groups is 3. The highest BCUT2D eigenvalue weighted by molar-refractivity contribution is 8.18. The van der Waals surface area contributed by atoms with Crippen molar-refractivity contribution < 1.29 is 28.6 Å². The van der Waals surface area contributed by atoms with Crippen LogP contribution in [0.15, 0.2) is 47.4 Å². The molecule has 0 aliphatic carbocycles. The predicted octanol–water partition coefficient (Wildman–Crippen LogP) is 3.22. The van der Waals surface area contributed by atoms with Gasteiger partial charge in [0.25, 0.3) is 11.1 Å². The molecule has 10 heteroatoms. The maximum absolute atomic E-state index is 12.9. The van der Waals surface area contributed by atoms with Crippen LogP contribution in [0.2, 0.25) is 0 Å². The summed E-state index contributed by atoms with van der Waals surface area (Å²) in [5, 5.41) is 2.18. The zero-order chi connectivity index (χ0) is 24.1. The van der Waals surface area contributed by atoms with E-state index in [2.05, 4.69) is 10.2 Å². The van der Waals surface area contributed by atoms with Crippen LogP contribution in [0, 0.1) is 0 Å². The van der Waals surface area contributed by atoms with Gasteiger partial charge in [0.15, 0.2) is 0 Å². The first-order valence-electron chi connectivity index (χ1n) is 10.7. The van der Waals surface area contributed by atoms with Crippen molar-refractivity contribution in [3.8, 4) is 11.5 Å². The van der Waals surface area contributed by atoms with Gasteiger partial charge in [-0.1, -0.05) is 0 Å². The Morgan fingerprint density at radius 3 is 2.50 bits per heavy atom. The van der Waals surface area contributed by atoms with Gasteiger partial charge in [-0.25, -0.2) is 0 Å². The van der Waals surface area contributed by atoms with Crippen molar-refractivity contribution in [1.82, 2.24) is 4.90 Å². The Balaban J connectivity index is 1.45. The summed E-state index contributed by atoms with van der Waals surface area (Å²) in [4.78, 5) is 41.1. The first-order valence-corrected chi connectivity index (χ1v) is 11.5. The fraction of sp³-hybridized carbons (Fsp3) is 0.292. The second-order valence-corrected chi connectivity index (χ2v) is 8.56. The maximum Gasteiger partial charge on any atom is 0.294 e. The molecule has 0 bridgehead atoms. The zero-order valence-electron chi connectivity index (χ0n) is 18.9. The van der Waals surface area contributed by atoms with Gasteiger partial charge in [0, 0.05) is 36.1 Å². The molecule has 0 radical (unpaired) electrons. The lowest BCUT2D eigenvalue weighted by molar-refractivity contribution is -0.127. The number of thioether (sulfide) groups is 1. The Hall–Kier alpha value is -3.50. The molecule has 178 valence electrons. The second kappa shape index (κ2) is 10.6. The number of nitrogens with zero attached hydrogens (tertiary/aromatic N) is 2. The number of morpholine rings is 1. The third-order valence-electron chi connectivity index (χ3n) is 5.43. The normalized spacial score (nSPS) is 17.3. The summed E-state index contributed by atoms with van der Waals surface area (Å²) in [6.45, 7) is 2.55. The van der Waals surface area contributed by atoms with Crippen LogP contribution in [0.3, 0.4) is 0 Å². The number of hydrogen-bond donors (Lipinski definition) is 1. The van der Waals surface area contributed by atoms with Crippen molar-refractivity contribution in [3.05, 3.63) is 52.9 Å². The van der Waals surface area contributed by atoms with Crippen molar-refractivity contribution in [2.75, 3.05) is 57.3 Å². The highest BCUT2D eigenvalue weighted by atomic mass is 32.2. The summed E-state index contributed by atoms with van der Waals surface area (Å²) < 4.78 is 16.0. The molecule has 2 fully saturated rings. The molecule has 4 rings (SSSR count). The number of nitrogens with one attached hydrogen (secondary N) is 1. The topological polar surface area (TPSA) is 97.4 Å². The van der Waals surface area contributed by atoms with Crippen LogP contribution in [-0.2, 0) is 14.3 Å². The minimum atomic E-state index is -0.515. The van der Waals surface area contributed by atoms with Gasteiger partial charge in [-0.15, -0.1) is 0 Å². The van der Waals surface area contributed by atoms with Gasteiger partial charge in [0.2, 0.25) is 5.91 Å². The molecule has 34 heavy (non-hydrogen) atoms. The molecule has 0 atom stereocenters. The fourth-order valence-electron chi connectivity index (χ4n) is 3.63. The third-order valence-corrected chi connectivity index (χ3v) is 6.34. The van der Waals surface area contributed by atoms with Crippen LogP contribution in [0.4, 0.5) is 16.2 Å². The molecule has 0 unspecified atom stereocenters. The Kier molecular flexibility index (Phi) is 7.39. The van der Waals surface area contributed by atoms with Gasteiger partial charge in [-0.3, -0.25) is 19.3 Å². The van der Waals surface area contributed by atoms with Gasteiger partial charge in [0.1, 0.15) is 18.0 Å². The number of anilines is 2. The number of hydrogen-bond acceptors (Lipinski definition) is 8. The Bertz CT molecular complexity index is 1110. The van der Waals surface area contributed by atoms with Crippen molar-refractivity contribution in [3.63, 3.8) is 0 Å². The standard InChI is InChI=1S/C24H25N3O6S/c1-31-19-7-4-17(5-8-19)25-22(28)15-27-23(29)21(34-24(27)30)13-16-3-6-18(14-20(16)32-2)26-9-11-33-12-10-26/h3-8,13-14H,9-12,15H2,1-2H3,(H,25,28)/b21-13-. The lowest BCUT2D eigenvalue weighted by Crippen LogP contribution is -2.36. The number of imide groups is 1. The Morgan fingerprint density at radius 1 is 1.09 bits per heavy atom. The smallest absolute Gasteiger partial charge is 0.294 e. The number of ether oxygens (including phenoxy) is 3. The molecule has 2 heterocycles. The molecule has 0 spiro atoms. The second-order valence-electron chi connectivity index (χ2n) is 7.57. The van der Waals surface area contributed by atoms with E-state index in [0.29, 0.717) is 36.0 Å². The van der Waals surface area contributed by atoms with Crippen LogP contribution < -0.4 is 19.7 Å². The number of methoxy groups -OCH3 is 2. The molecule has 1 N–H and O–H groups in total. The van der Waals surface area contributed by atoms with E-state index >= 15 is 0 Å². The van der Waals surface area contributed by atoms with E-state index in [-0.39, 0.29) is 11.4 Å². The molecule has 2 aliphatic rings. The van der Waals surface area contributed by atoms with E-state index in [9.17, 15) is 14.4 Å². The minimum Gasteiger partial charge on any atom is -0.497 e. The Labute approximate surface area is 201 Å². The Morgan fingerprint density at radius 2 is 1.82 bits per heavy atom. The summed E-state index contributed by atoms with van der Waals surface area (Å²) in [6.07, 6.45) is 1.62. The largest absolute Gasteiger partial charge is 0.497 e. The highest BCUT2D eigenvalue weighted by Crippen LogP contribution is 2.35. The van der Waals surface area contributed by atoms with Gasteiger partial charge < -0.3 is 24.4 Å². The molecule has 2 saturated heterocycles. The van der Waals surface area contributed by atoms with Crippen molar-refractivity contribution in [2.24, 2.45) is 0 Å². The summed E-state index contributed by atoms with van der Waals surface area (Å²) in [5.41, 5.74) is 2.21. The first kappa shape index (κ1) is 23.7. The van der Waals surface area contributed by atoms with Crippen molar-refractivity contribution >= 4 is 46.3 Å². The number of benzene rings is 2. The lowest BCUT2D eigenvalue weighted by atomic mass is 10.1. The average molecular weight is 484 g/mol. The van der Waals surface area contributed by atoms with E-state index in [4.69, 9.17) is 14.2 Å². The van der Waals surface area contributed by atoms with E-state index in [1.54, 1.807) is 44.6 Å². The third kappa shape index (κ3) is 5.35. The fourth-order valence-corrected chi connectivity index (χ4v) is 4.46. The van der Waals surface area contributed by atoms with Crippen molar-refractivity contribution in [1.29, 1.82) is 0 Å². The molecule has 0 aromatic heterocycles. The molecule has 2 aromatic carbocycles. The quantitative estimate of drug-likeness (QED) is 0.600. The number of carbonyl (C=O) groups excluding carboxylic acids is 3.